The third kappa shape index (κ3) is 1.94. The summed E-state index contributed by atoms with van der Waals surface area (Å²) in [6, 6.07) is 3.80. The number of nitriles is 1. The highest BCUT2D eigenvalue weighted by Gasteiger charge is 2.15. The first kappa shape index (κ1) is 12.3. The molecule has 1 rings (SSSR count). The summed E-state index contributed by atoms with van der Waals surface area (Å²) >= 11 is 0. The fourth-order valence-electron chi connectivity index (χ4n) is 1.65. The van der Waals surface area contributed by atoms with Gasteiger partial charge in [-0.15, -0.1) is 0 Å². The zero-order chi connectivity index (χ0) is 12.5. The van der Waals surface area contributed by atoms with Crippen LogP contribution in [0.25, 0.3) is 0 Å². The lowest BCUT2D eigenvalue weighted by Gasteiger charge is -2.16. The minimum absolute atomic E-state index is 0.111. The zero-order valence-electron chi connectivity index (χ0n) is 10.1. The largest absolute Gasteiger partial charge is 0.427 e. The van der Waals surface area contributed by atoms with Crippen molar-refractivity contribution >= 4 is 0 Å². The van der Waals surface area contributed by atoms with Crippen molar-refractivity contribution in [2.75, 3.05) is 0 Å². The molecule has 4 heteroatoms. The van der Waals surface area contributed by atoms with E-state index in [0.29, 0.717) is 5.69 Å². The van der Waals surface area contributed by atoms with Crippen LogP contribution >= 0.6 is 0 Å². The smallest absolute Gasteiger partial charge is 0.179 e. The molecule has 0 unspecified atom stereocenters. The second-order valence-corrected chi connectivity index (χ2v) is 4.48. The summed E-state index contributed by atoms with van der Waals surface area (Å²) in [5, 5.41) is 26.5. The van der Waals surface area contributed by atoms with Gasteiger partial charge in [-0.05, 0) is 23.5 Å². The van der Waals surface area contributed by atoms with E-state index >= 15 is 0 Å². The Balaban J connectivity index is 3.65. The highest BCUT2D eigenvalue weighted by Crippen LogP contribution is 2.21. The summed E-state index contributed by atoms with van der Waals surface area (Å²) in [6.45, 7) is 7.83. The zero-order valence-corrected chi connectivity index (χ0v) is 10.1. The molecule has 0 saturated heterocycles. The van der Waals surface area contributed by atoms with Gasteiger partial charge in [0.25, 0.3) is 0 Å². The standard InChI is InChI=1S/C12H17N3O/c1-7(2)9-5-11(8(3)4)15(16)12(14)10(9)6-13/h5,7-8,14,16H,1-4H3. The first-order valence-electron chi connectivity index (χ1n) is 5.33. The normalized spacial score (nSPS) is 10.8. The fraction of sp³-hybridized carbons (Fsp3) is 0.500. The van der Waals surface area contributed by atoms with Gasteiger partial charge in [-0.1, -0.05) is 27.7 Å². The number of hydrogen-bond acceptors (Lipinski definition) is 3. The molecule has 2 N–H and O–H groups in total. The predicted molar refractivity (Wildman–Crippen MR) is 60.4 cm³/mol. The maximum atomic E-state index is 9.76. The summed E-state index contributed by atoms with van der Waals surface area (Å²) in [6.07, 6.45) is 0. The van der Waals surface area contributed by atoms with Crippen LogP contribution in [0.5, 0.6) is 0 Å². The Bertz CT molecular complexity index is 492. The van der Waals surface area contributed by atoms with Crippen molar-refractivity contribution in [2.45, 2.75) is 39.5 Å². The van der Waals surface area contributed by atoms with Crippen LogP contribution in [-0.4, -0.2) is 9.94 Å². The molecule has 16 heavy (non-hydrogen) atoms. The first-order valence-corrected chi connectivity index (χ1v) is 5.33. The van der Waals surface area contributed by atoms with Crippen molar-refractivity contribution in [3.63, 3.8) is 0 Å². The molecular formula is C12H17N3O. The van der Waals surface area contributed by atoms with E-state index < -0.39 is 0 Å². The average molecular weight is 219 g/mol. The molecule has 0 aliphatic rings. The second kappa shape index (κ2) is 4.40. The van der Waals surface area contributed by atoms with Crippen LogP contribution in [0.1, 0.15) is 56.4 Å². The molecule has 0 saturated carbocycles. The highest BCUT2D eigenvalue weighted by molar-refractivity contribution is 5.38. The Hall–Kier alpha value is -1.76. The lowest BCUT2D eigenvalue weighted by Crippen LogP contribution is -2.26. The van der Waals surface area contributed by atoms with Crippen molar-refractivity contribution in [2.24, 2.45) is 0 Å². The molecule has 4 nitrogen and oxygen atoms in total. The summed E-state index contributed by atoms with van der Waals surface area (Å²) in [7, 11) is 0. The number of hydrogen-bond donors (Lipinski definition) is 2. The van der Waals surface area contributed by atoms with E-state index in [1.807, 2.05) is 39.8 Å². The molecule has 0 aliphatic heterocycles. The molecule has 0 amide bonds. The van der Waals surface area contributed by atoms with E-state index in [2.05, 4.69) is 0 Å². The molecule has 0 radical (unpaired) electrons. The Morgan fingerprint density at radius 2 is 1.88 bits per heavy atom. The lowest BCUT2D eigenvalue weighted by molar-refractivity contribution is 0.157. The van der Waals surface area contributed by atoms with Gasteiger partial charge in [0.1, 0.15) is 11.6 Å². The van der Waals surface area contributed by atoms with E-state index in [0.717, 1.165) is 10.3 Å². The van der Waals surface area contributed by atoms with Gasteiger partial charge in [0.2, 0.25) is 0 Å². The van der Waals surface area contributed by atoms with Crippen molar-refractivity contribution in [3.05, 3.63) is 28.4 Å². The third-order valence-corrected chi connectivity index (χ3v) is 2.61. The van der Waals surface area contributed by atoms with Gasteiger partial charge < -0.3 is 5.21 Å². The maximum Gasteiger partial charge on any atom is 0.179 e. The van der Waals surface area contributed by atoms with Crippen LogP contribution in [-0.2, 0) is 0 Å². The SMILES string of the molecule is CC(C)c1cc(C(C)C)n(O)c(=N)c1C#N. The van der Waals surface area contributed by atoms with Crippen LogP contribution in [0.3, 0.4) is 0 Å². The van der Waals surface area contributed by atoms with Gasteiger partial charge in [0, 0.05) is 0 Å². The molecule has 1 aromatic heterocycles. The van der Waals surface area contributed by atoms with E-state index in [4.69, 9.17) is 10.7 Å². The average Bonchev–Trinajstić information content (AvgIpc) is 2.20. The van der Waals surface area contributed by atoms with Crippen molar-refractivity contribution in [3.8, 4) is 6.07 Å². The van der Waals surface area contributed by atoms with Gasteiger partial charge >= 0.3 is 0 Å². The number of rotatable bonds is 2. The first-order chi connectivity index (χ1) is 7.40. The second-order valence-electron chi connectivity index (χ2n) is 4.48. The van der Waals surface area contributed by atoms with Crippen LogP contribution in [0, 0.1) is 16.7 Å². The number of nitrogens with one attached hydrogen (secondary N) is 1. The fourth-order valence-corrected chi connectivity index (χ4v) is 1.65. The lowest BCUT2D eigenvalue weighted by atomic mass is 9.96. The Kier molecular flexibility index (Phi) is 3.38. The van der Waals surface area contributed by atoms with Crippen molar-refractivity contribution in [1.82, 2.24) is 4.73 Å². The van der Waals surface area contributed by atoms with Crippen molar-refractivity contribution < 1.29 is 5.21 Å². The Labute approximate surface area is 95.2 Å². The van der Waals surface area contributed by atoms with Crippen molar-refractivity contribution in [1.29, 1.82) is 10.7 Å². The van der Waals surface area contributed by atoms with Crippen LogP contribution in [0.15, 0.2) is 6.07 Å². The molecule has 0 aliphatic carbocycles. The molecule has 86 valence electrons. The number of aromatic nitrogens is 1. The Morgan fingerprint density at radius 1 is 1.31 bits per heavy atom. The van der Waals surface area contributed by atoms with Crippen LogP contribution in [0.4, 0.5) is 0 Å². The third-order valence-electron chi connectivity index (χ3n) is 2.61. The maximum absolute atomic E-state index is 9.76. The molecule has 0 fully saturated rings. The molecular weight excluding hydrogens is 202 g/mol. The minimum Gasteiger partial charge on any atom is -0.427 e. The summed E-state index contributed by atoms with van der Waals surface area (Å²) in [4.78, 5) is 0. The van der Waals surface area contributed by atoms with E-state index in [-0.39, 0.29) is 22.9 Å². The molecule has 0 atom stereocenters. The number of nitrogens with zero attached hydrogens (tertiary/aromatic N) is 2. The van der Waals surface area contributed by atoms with Gasteiger partial charge in [0.15, 0.2) is 5.49 Å². The van der Waals surface area contributed by atoms with Gasteiger partial charge in [-0.3, -0.25) is 5.41 Å². The highest BCUT2D eigenvalue weighted by atomic mass is 16.5. The van der Waals surface area contributed by atoms with E-state index in [1.54, 1.807) is 0 Å². The topological polar surface area (TPSA) is 72.8 Å². The Morgan fingerprint density at radius 3 is 2.25 bits per heavy atom. The quantitative estimate of drug-likeness (QED) is 0.749. The number of pyridine rings is 1. The molecule has 1 aromatic rings. The molecule has 1 heterocycles. The van der Waals surface area contributed by atoms with Gasteiger partial charge in [-0.2, -0.15) is 9.99 Å². The molecule has 0 bridgehead atoms. The minimum atomic E-state index is -0.127. The molecule has 0 aromatic carbocycles. The predicted octanol–water partition coefficient (Wildman–Crippen LogP) is 2.32. The van der Waals surface area contributed by atoms with E-state index in [1.165, 1.54) is 0 Å². The van der Waals surface area contributed by atoms with Crippen LogP contribution in [0.2, 0.25) is 0 Å². The van der Waals surface area contributed by atoms with Gasteiger partial charge in [-0.25, -0.2) is 0 Å². The molecule has 0 spiro atoms. The van der Waals surface area contributed by atoms with E-state index in [9.17, 15) is 5.21 Å². The summed E-state index contributed by atoms with van der Waals surface area (Å²) in [5.41, 5.74) is 1.61. The summed E-state index contributed by atoms with van der Waals surface area (Å²) in [5.74, 6) is 0.275. The summed E-state index contributed by atoms with van der Waals surface area (Å²) < 4.78 is 0.801. The monoisotopic (exact) mass is 219 g/mol. The van der Waals surface area contributed by atoms with Gasteiger partial charge in [0.05, 0.1) is 5.69 Å². The van der Waals surface area contributed by atoms with Crippen LogP contribution < -0.4 is 5.49 Å².